The SMILES string of the molecule is [C-]#[N+]c1c(C)c(C=C=Cc2ccc(N(C)C)cc2)c(=O)n(-c2cc(C(=O)O)cc(C(=O)O)c2)c1O. The Labute approximate surface area is 200 Å². The summed E-state index contributed by atoms with van der Waals surface area (Å²) in [7, 11) is 3.84. The van der Waals surface area contributed by atoms with Gasteiger partial charge in [0, 0.05) is 25.3 Å². The van der Waals surface area contributed by atoms with Gasteiger partial charge in [0.25, 0.3) is 5.56 Å². The van der Waals surface area contributed by atoms with Gasteiger partial charge in [-0.25, -0.2) is 14.4 Å². The van der Waals surface area contributed by atoms with Crippen LogP contribution < -0.4 is 10.5 Å². The summed E-state index contributed by atoms with van der Waals surface area (Å²) in [6.07, 6.45) is 3.00. The summed E-state index contributed by atoms with van der Waals surface area (Å²) in [6, 6.07) is 10.6. The average Bonchev–Trinajstić information content (AvgIpc) is 2.81. The standard InChI is InChI=1S/C26H21N3O6/c1-15-21(7-5-6-16-8-10-19(11-9-16)28(3)4)23(30)29(24(31)22(15)27-2)20-13-17(25(32)33)12-18(14-20)26(34)35/h6-14,31H,1,3-4H3,(H,32,33)(H,34,35). The van der Waals surface area contributed by atoms with Crippen LogP contribution >= 0.6 is 0 Å². The van der Waals surface area contributed by atoms with Gasteiger partial charge in [0.1, 0.15) is 0 Å². The van der Waals surface area contributed by atoms with Crippen LogP contribution in [0.15, 0.2) is 53.0 Å². The van der Waals surface area contributed by atoms with Crippen molar-refractivity contribution in [3.8, 4) is 11.6 Å². The molecule has 3 aromatic rings. The van der Waals surface area contributed by atoms with Gasteiger partial charge in [-0.3, -0.25) is 9.36 Å². The number of carboxylic acid groups (broad SMARTS) is 2. The van der Waals surface area contributed by atoms with Gasteiger partial charge in [0.15, 0.2) is 0 Å². The summed E-state index contributed by atoms with van der Waals surface area (Å²) in [5.41, 5.74) is 2.98. The Bertz CT molecular complexity index is 1470. The molecule has 2 aromatic carbocycles. The third-order valence-electron chi connectivity index (χ3n) is 5.29. The second-order valence-corrected chi connectivity index (χ2v) is 7.78. The van der Waals surface area contributed by atoms with E-state index in [-0.39, 0.29) is 22.5 Å². The summed E-state index contributed by atoms with van der Waals surface area (Å²) in [5.74, 6) is -3.55. The van der Waals surface area contributed by atoms with E-state index in [1.165, 1.54) is 13.0 Å². The highest BCUT2D eigenvalue weighted by Crippen LogP contribution is 2.33. The van der Waals surface area contributed by atoms with Crippen molar-refractivity contribution >= 4 is 35.5 Å². The van der Waals surface area contributed by atoms with E-state index < -0.39 is 34.5 Å². The van der Waals surface area contributed by atoms with E-state index in [9.17, 15) is 29.7 Å². The van der Waals surface area contributed by atoms with Crippen molar-refractivity contribution < 1.29 is 24.9 Å². The van der Waals surface area contributed by atoms with Crippen LogP contribution in [-0.2, 0) is 0 Å². The van der Waals surface area contributed by atoms with E-state index in [0.29, 0.717) is 0 Å². The molecule has 0 aliphatic heterocycles. The number of hydrogen-bond acceptors (Lipinski definition) is 5. The van der Waals surface area contributed by atoms with E-state index in [1.807, 2.05) is 43.3 Å². The van der Waals surface area contributed by atoms with E-state index in [4.69, 9.17) is 6.57 Å². The molecular weight excluding hydrogens is 450 g/mol. The number of carboxylic acids is 2. The van der Waals surface area contributed by atoms with Crippen molar-refractivity contribution in [3.05, 3.63) is 97.8 Å². The Hall–Kier alpha value is -5.06. The summed E-state index contributed by atoms with van der Waals surface area (Å²) < 4.78 is 0.721. The van der Waals surface area contributed by atoms with Gasteiger partial charge in [-0.15, -0.1) is 5.73 Å². The number of nitrogens with zero attached hydrogens (tertiary/aromatic N) is 3. The van der Waals surface area contributed by atoms with Gasteiger partial charge in [0.2, 0.25) is 11.6 Å². The summed E-state index contributed by atoms with van der Waals surface area (Å²) in [4.78, 5) is 41.6. The fourth-order valence-corrected chi connectivity index (χ4v) is 3.40. The van der Waals surface area contributed by atoms with Crippen LogP contribution in [0.4, 0.5) is 11.4 Å². The van der Waals surface area contributed by atoms with Crippen LogP contribution in [-0.4, -0.2) is 45.9 Å². The molecule has 3 rings (SSSR count). The van der Waals surface area contributed by atoms with Crippen molar-refractivity contribution in [2.45, 2.75) is 6.92 Å². The molecule has 3 N–H and O–H groups in total. The van der Waals surface area contributed by atoms with Gasteiger partial charge in [-0.2, -0.15) is 0 Å². The predicted octanol–water partition coefficient (Wildman–Crippen LogP) is 4.19. The van der Waals surface area contributed by atoms with Gasteiger partial charge in [0.05, 0.1) is 23.4 Å². The Kier molecular flexibility index (Phi) is 6.90. The zero-order valence-electron chi connectivity index (χ0n) is 19.1. The molecule has 0 saturated heterocycles. The lowest BCUT2D eigenvalue weighted by Gasteiger charge is -2.15. The lowest BCUT2D eigenvalue weighted by atomic mass is 10.1. The molecule has 176 valence electrons. The molecule has 9 nitrogen and oxygen atoms in total. The number of aromatic carboxylic acids is 2. The van der Waals surface area contributed by atoms with Crippen molar-refractivity contribution in [2.24, 2.45) is 0 Å². The summed E-state index contributed by atoms with van der Waals surface area (Å²) in [5, 5.41) is 29.4. The normalized spacial score (nSPS) is 10.1. The Balaban J connectivity index is 2.22. The topological polar surface area (TPSA) is 124 Å². The molecule has 0 bridgehead atoms. The second-order valence-electron chi connectivity index (χ2n) is 7.78. The van der Waals surface area contributed by atoms with E-state index in [1.54, 1.807) is 6.08 Å². The number of rotatable bonds is 6. The van der Waals surface area contributed by atoms with E-state index >= 15 is 0 Å². The third-order valence-corrected chi connectivity index (χ3v) is 5.29. The number of carbonyl (C=O) groups is 2. The minimum absolute atomic E-state index is 0.0348. The summed E-state index contributed by atoms with van der Waals surface area (Å²) >= 11 is 0. The predicted molar refractivity (Wildman–Crippen MR) is 132 cm³/mol. The minimum Gasteiger partial charge on any atom is -0.502 e. The van der Waals surface area contributed by atoms with E-state index in [0.717, 1.165) is 34.0 Å². The quantitative estimate of drug-likeness (QED) is 0.364. The molecule has 35 heavy (non-hydrogen) atoms. The van der Waals surface area contributed by atoms with Crippen LogP contribution in [0.5, 0.6) is 5.88 Å². The second kappa shape index (κ2) is 9.83. The Morgan fingerprint density at radius 2 is 1.60 bits per heavy atom. The van der Waals surface area contributed by atoms with Gasteiger partial charge < -0.3 is 20.2 Å². The largest absolute Gasteiger partial charge is 0.502 e. The lowest BCUT2D eigenvalue weighted by molar-refractivity contribution is 0.0696. The first-order valence-electron chi connectivity index (χ1n) is 10.2. The van der Waals surface area contributed by atoms with Crippen LogP contribution in [0.1, 0.15) is 37.4 Å². The minimum atomic E-state index is -1.41. The Morgan fingerprint density at radius 1 is 1.03 bits per heavy atom. The molecule has 1 heterocycles. The van der Waals surface area contributed by atoms with Crippen LogP contribution in [0.25, 0.3) is 22.7 Å². The molecule has 0 aliphatic carbocycles. The zero-order chi connectivity index (χ0) is 25.9. The number of benzene rings is 2. The van der Waals surface area contributed by atoms with Crippen molar-refractivity contribution in [1.29, 1.82) is 0 Å². The number of aromatic hydroxyl groups is 1. The molecular formula is C26H21N3O6. The fraction of sp³-hybridized carbons (Fsp3) is 0.115. The van der Waals surface area contributed by atoms with E-state index in [2.05, 4.69) is 10.6 Å². The smallest absolute Gasteiger partial charge is 0.335 e. The lowest BCUT2D eigenvalue weighted by Crippen LogP contribution is -2.22. The zero-order valence-corrected chi connectivity index (χ0v) is 19.1. The molecule has 1 aromatic heterocycles. The maximum absolute atomic E-state index is 13.3. The monoisotopic (exact) mass is 471 g/mol. The number of anilines is 1. The first-order chi connectivity index (χ1) is 16.5. The Morgan fingerprint density at radius 3 is 2.09 bits per heavy atom. The highest BCUT2D eigenvalue weighted by molar-refractivity contribution is 5.95. The van der Waals surface area contributed by atoms with Crippen LogP contribution in [0.2, 0.25) is 0 Å². The van der Waals surface area contributed by atoms with Gasteiger partial charge in [-0.1, -0.05) is 12.1 Å². The third kappa shape index (κ3) is 4.98. The fourth-order valence-electron chi connectivity index (χ4n) is 3.40. The molecule has 0 amide bonds. The molecule has 0 saturated carbocycles. The molecule has 0 unspecified atom stereocenters. The van der Waals surface area contributed by atoms with Gasteiger partial charge in [-0.05, 0) is 60.5 Å². The number of hydrogen-bond donors (Lipinski definition) is 3. The molecule has 0 aliphatic rings. The molecule has 9 heteroatoms. The van der Waals surface area contributed by atoms with Gasteiger partial charge >= 0.3 is 11.9 Å². The average molecular weight is 471 g/mol. The highest BCUT2D eigenvalue weighted by Gasteiger charge is 2.21. The number of pyridine rings is 1. The van der Waals surface area contributed by atoms with Crippen molar-refractivity contribution in [2.75, 3.05) is 19.0 Å². The van der Waals surface area contributed by atoms with Crippen LogP contribution in [0, 0.1) is 13.5 Å². The van der Waals surface area contributed by atoms with Crippen molar-refractivity contribution in [3.63, 3.8) is 0 Å². The molecule has 0 atom stereocenters. The molecule has 0 spiro atoms. The molecule has 0 radical (unpaired) electrons. The van der Waals surface area contributed by atoms with Crippen molar-refractivity contribution in [1.82, 2.24) is 4.57 Å². The summed E-state index contributed by atoms with van der Waals surface area (Å²) in [6.45, 7) is 8.95. The van der Waals surface area contributed by atoms with Crippen LogP contribution in [0.3, 0.4) is 0 Å². The highest BCUT2D eigenvalue weighted by atomic mass is 16.4. The first-order valence-corrected chi connectivity index (χ1v) is 10.2. The maximum Gasteiger partial charge on any atom is 0.335 e. The maximum atomic E-state index is 13.3. The first kappa shape index (κ1) is 24.6. The number of aromatic nitrogens is 1. The molecule has 0 fully saturated rings.